The summed E-state index contributed by atoms with van der Waals surface area (Å²) in [5, 5.41) is 5.52. The topological polar surface area (TPSA) is 108 Å². The van der Waals surface area contributed by atoms with Crippen LogP contribution in [0.5, 0.6) is 0 Å². The van der Waals surface area contributed by atoms with Crippen LogP contribution in [0.2, 0.25) is 0 Å². The lowest BCUT2D eigenvalue weighted by molar-refractivity contribution is -0.187. The van der Waals surface area contributed by atoms with Crippen molar-refractivity contribution in [1.29, 1.82) is 0 Å². The highest BCUT2D eigenvalue weighted by atomic mass is 19.4. The second kappa shape index (κ2) is 10.1. The van der Waals surface area contributed by atoms with Crippen molar-refractivity contribution in [3.63, 3.8) is 0 Å². The normalized spacial score (nSPS) is 20.8. The first-order chi connectivity index (χ1) is 18.9. The fraction of sp³-hybridized carbons (Fsp3) is 0.407. The van der Waals surface area contributed by atoms with Crippen molar-refractivity contribution in [2.45, 2.75) is 63.0 Å². The minimum atomic E-state index is -4.79. The van der Waals surface area contributed by atoms with Gasteiger partial charge in [-0.05, 0) is 61.6 Å². The lowest BCUT2D eigenvalue weighted by Crippen LogP contribution is -2.51. The highest BCUT2D eigenvalue weighted by Gasteiger charge is 2.58. The Kier molecular flexibility index (Phi) is 6.92. The molecule has 13 heteroatoms. The number of fused-ring (bicyclic) bond motifs is 2. The Morgan fingerprint density at radius 3 is 2.50 bits per heavy atom. The van der Waals surface area contributed by atoms with E-state index < -0.39 is 54.6 Å². The van der Waals surface area contributed by atoms with E-state index in [4.69, 9.17) is 4.74 Å². The van der Waals surface area contributed by atoms with Gasteiger partial charge in [-0.2, -0.15) is 13.2 Å². The van der Waals surface area contributed by atoms with Gasteiger partial charge in [0, 0.05) is 30.3 Å². The van der Waals surface area contributed by atoms with Gasteiger partial charge in [0.1, 0.15) is 18.4 Å². The first-order valence-electron chi connectivity index (χ1n) is 12.7. The van der Waals surface area contributed by atoms with Crippen LogP contribution in [-0.2, 0) is 32.9 Å². The van der Waals surface area contributed by atoms with Crippen LogP contribution in [0.1, 0.15) is 42.9 Å². The van der Waals surface area contributed by atoms with E-state index in [2.05, 4.69) is 10.6 Å². The predicted octanol–water partition coefficient (Wildman–Crippen LogP) is 4.21. The summed E-state index contributed by atoms with van der Waals surface area (Å²) < 4.78 is 59.6. The van der Waals surface area contributed by atoms with Crippen molar-refractivity contribution < 1.29 is 41.5 Å². The van der Waals surface area contributed by atoms with Gasteiger partial charge in [0.15, 0.2) is 0 Å². The lowest BCUT2D eigenvalue weighted by Gasteiger charge is -2.31. The Bertz CT molecular complexity index is 1360. The molecule has 212 valence electrons. The van der Waals surface area contributed by atoms with Gasteiger partial charge >= 0.3 is 18.3 Å². The number of amides is 5. The molecule has 0 aromatic heterocycles. The molecule has 3 aliphatic rings. The molecule has 0 unspecified atom stereocenters. The van der Waals surface area contributed by atoms with Crippen LogP contribution < -0.4 is 10.6 Å². The largest absolute Gasteiger partial charge is 0.427 e. The number of carbonyl (C=O) groups is 4. The maximum absolute atomic E-state index is 13.6. The molecule has 2 aromatic rings. The summed E-state index contributed by atoms with van der Waals surface area (Å²) in [4.78, 5) is 52.5. The summed E-state index contributed by atoms with van der Waals surface area (Å²) in [6.07, 6.45) is -3.68. The Balaban J connectivity index is 1.33. The molecule has 2 aromatic carbocycles. The summed E-state index contributed by atoms with van der Waals surface area (Å²) >= 11 is 0. The van der Waals surface area contributed by atoms with Crippen LogP contribution in [0, 0.1) is 5.82 Å². The third kappa shape index (κ3) is 5.32. The molecule has 0 bridgehead atoms. The highest BCUT2D eigenvalue weighted by molar-refractivity contribution is 6.06. The number of nitrogens with one attached hydrogen (secondary N) is 2. The minimum absolute atomic E-state index is 0.0770. The summed E-state index contributed by atoms with van der Waals surface area (Å²) in [5.74, 6) is -2.57. The third-order valence-electron chi connectivity index (χ3n) is 7.35. The van der Waals surface area contributed by atoms with Gasteiger partial charge in [-0.25, -0.2) is 18.9 Å². The Hall–Kier alpha value is -4.16. The number of halogens is 4. The van der Waals surface area contributed by atoms with Gasteiger partial charge in [-0.1, -0.05) is 18.2 Å². The number of ether oxygens (including phenoxy) is 1. The van der Waals surface area contributed by atoms with Crippen LogP contribution in [0.15, 0.2) is 42.5 Å². The number of carbonyl (C=O) groups excluding carboxylic acids is 4. The average Bonchev–Trinajstić information content (AvgIpc) is 3.59. The molecule has 2 fully saturated rings. The molecule has 0 radical (unpaired) electrons. The van der Waals surface area contributed by atoms with Crippen molar-refractivity contribution in [1.82, 2.24) is 15.1 Å². The Morgan fingerprint density at radius 1 is 1.15 bits per heavy atom. The fourth-order valence-corrected chi connectivity index (χ4v) is 4.94. The van der Waals surface area contributed by atoms with E-state index in [1.54, 1.807) is 18.2 Å². The molecule has 1 heterocycles. The van der Waals surface area contributed by atoms with Crippen molar-refractivity contribution in [3.8, 4) is 0 Å². The van der Waals surface area contributed by atoms with E-state index in [9.17, 15) is 36.7 Å². The fourth-order valence-electron chi connectivity index (χ4n) is 4.94. The number of rotatable bonds is 7. The van der Waals surface area contributed by atoms with E-state index in [1.807, 2.05) is 0 Å². The second-order valence-corrected chi connectivity index (χ2v) is 10.2. The third-order valence-corrected chi connectivity index (χ3v) is 7.35. The van der Waals surface area contributed by atoms with E-state index in [1.165, 1.54) is 12.1 Å². The zero-order valence-electron chi connectivity index (χ0n) is 21.4. The molecule has 2 aliphatic carbocycles. The summed E-state index contributed by atoms with van der Waals surface area (Å²) in [5.41, 5.74) is 0.0507. The van der Waals surface area contributed by atoms with Crippen molar-refractivity contribution in [2.75, 3.05) is 11.9 Å². The van der Waals surface area contributed by atoms with Crippen LogP contribution >= 0.6 is 0 Å². The number of hydrogen-bond donors (Lipinski definition) is 2. The molecule has 5 rings (SSSR count). The van der Waals surface area contributed by atoms with Crippen LogP contribution in [0.3, 0.4) is 0 Å². The quantitative estimate of drug-likeness (QED) is 0.492. The number of urea groups is 1. The number of alkyl halides is 3. The van der Waals surface area contributed by atoms with Crippen LogP contribution in [-0.4, -0.2) is 58.5 Å². The van der Waals surface area contributed by atoms with Crippen molar-refractivity contribution in [2.24, 2.45) is 0 Å². The minimum Gasteiger partial charge on any atom is -0.427 e. The smallest absolute Gasteiger partial charge is 0.418 e. The highest BCUT2D eigenvalue weighted by Crippen LogP contribution is 2.46. The zero-order valence-corrected chi connectivity index (χ0v) is 21.4. The zero-order chi connectivity index (χ0) is 28.8. The summed E-state index contributed by atoms with van der Waals surface area (Å²) in [6.45, 7) is -0.691. The van der Waals surface area contributed by atoms with E-state index in [0.717, 1.165) is 31.9 Å². The van der Waals surface area contributed by atoms with E-state index in [-0.39, 0.29) is 24.1 Å². The van der Waals surface area contributed by atoms with Crippen molar-refractivity contribution >= 4 is 29.6 Å². The average molecular weight is 563 g/mol. The van der Waals surface area contributed by atoms with Crippen molar-refractivity contribution in [3.05, 3.63) is 65.0 Å². The van der Waals surface area contributed by atoms with Gasteiger partial charge in [-0.15, -0.1) is 0 Å². The molecule has 9 nitrogen and oxygen atoms in total. The summed E-state index contributed by atoms with van der Waals surface area (Å²) in [6, 6.07) is 6.94. The molecule has 40 heavy (non-hydrogen) atoms. The molecule has 1 aliphatic heterocycles. The number of aryl methyl sites for hydroxylation is 1. The number of hydrogen-bond acceptors (Lipinski definition) is 5. The molecule has 1 saturated carbocycles. The molecular weight excluding hydrogens is 536 g/mol. The molecule has 5 amide bonds. The van der Waals surface area contributed by atoms with Gasteiger partial charge < -0.3 is 20.3 Å². The standard InChI is InChI=1S/C27H26F4N4O5/c1-15(27(29,30)31)34(13-16-2-4-18(28)5-3-16)22(36)14-35-23(37)26(40-25(35)39)11-10-17-12-20(8-9-21(17)26)33-24(38)32-19-6-7-19/h2-5,8-9,12,15,19H,6-7,10-11,13-14H2,1H3,(H2,32,33,38)/t15-,26+/m0/s1. The Labute approximate surface area is 226 Å². The maximum atomic E-state index is 13.6. The summed E-state index contributed by atoms with van der Waals surface area (Å²) in [7, 11) is 0. The van der Waals surface area contributed by atoms with Gasteiger partial charge in [0.05, 0.1) is 0 Å². The second-order valence-electron chi connectivity index (χ2n) is 10.2. The molecule has 1 spiro atoms. The van der Waals surface area contributed by atoms with Crippen LogP contribution in [0.4, 0.5) is 32.8 Å². The molecule has 2 N–H and O–H groups in total. The predicted molar refractivity (Wildman–Crippen MR) is 132 cm³/mol. The number of imide groups is 1. The first-order valence-corrected chi connectivity index (χ1v) is 12.7. The van der Waals surface area contributed by atoms with E-state index in [0.29, 0.717) is 33.0 Å². The number of anilines is 1. The van der Waals surface area contributed by atoms with Gasteiger partial charge in [0.2, 0.25) is 11.5 Å². The van der Waals surface area contributed by atoms with Crippen LogP contribution in [0.25, 0.3) is 0 Å². The Morgan fingerprint density at radius 2 is 1.85 bits per heavy atom. The molecule has 1 saturated heterocycles. The lowest BCUT2D eigenvalue weighted by atomic mass is 9.94. The first kappa shape index (κ1) is 27.4. The monoisotopic (exact) mass is 562 g/mol. The number of benzene rings is 2. The van der Waals surface area contributed by atoms with E-state index >= 15 is 0 Å². The number of nitrogens with zero attached hydrogens (tertiary/aromatic N) is 2. The molecular formula is C27H26F4N4O5. The van der Waals surface area contributed by atoms with Gasteiger partial charge in [0.25, 0.3) is 5.91 Å². The SMILES string of the molecule is C[C@H](N(Cc1ccc(F)cc1)C(=O)CN1C(=O)O[C@@]2(CCc3cc(NC(=O)NC4CC4)ccc32)C1=O)C(F)(F)F. The van der Waals surface area contributed by atoms with Gasteiger partial charge in [-0.3, -0.25) is 9.59 Å². The molecule has 2 atom stereocenters. The maximum Gasteiger partial charge on any atom is 0.418 e.